The Labute approximate surface area is 164 Å². The summed E-state index contributed by atoms with van der Waals surface area (Å²) in [6.45, 7) is 0. The minimum Gasteiger partial charge on any atom is -0.549 e. The third-order valence-electron chi connectivity index (χ3n) is 3.35. The molecule has 1 atom stereocenters. The number of carboxylic acid groups (broad SMARTS) is 1. The smallest absolute Gasteiger partial charge is 0.549 e. The number of amides is 1. The Morgan fingerprint density at radius 3 is 2.24 bits per heavy atom. The summed E-state index contributed by atoms with van der Waals surface area (Å²) in [4.78, 5) is 23.2. The van der Waals surface area contributed by atoms with Crippen LogP contribution in [-0.2, 0) is 15.8 Å². The summed E-state index contributed by atoms with van der Waals surface area (Å²) in [6.07, 6.45) is -4.97. The number of anilines is 1. The van der Waals surface area contributed by atoms with E-state index < -0.39 is 36.0 Å². The van der Waals surface area contributed by atoms with E-state index in [9.17, 15) is 27.9 Å². The normalized spacial score (nSPS) is 12.0. The first kappa shape index (κ1) is 21.2. The molecule has 25 heavy (non-hydrogen) atoms. The summed E-state index contributed by atoms with van der Waals surface area (Å²) in [5.74, 6) is -3.33. The fraction of sp³-hybridized carbons (Fsp3) is 0.176. The quantitative estimate of drug-likeness (QED) is 0.737. The molecule has 1 N–H and O–H groups in total. The summed E-state index contributed by atoms with van der Waals surface area (Å²) in [5, 5.41) is 13.5. The van der Waals surface area contributed by atoms with Crippen molar-refractivity contribution in [3.05, 3.63) is 65.7 Å². The number of carboxylic acids is 1. The number of aliphatic carboxylic acids is 1. The number of hydrogen-bond acceptors (Lipinski definition) is 3. The fourth-order valence-corrected chi connectivity index (χ4v) is 2.19. The topological polar surface area (TPSA) is 69.2 Å². The number of halogens is 3. The molecule has 0 spiro atoms. The average Bonchev–Trinajstić information content (AvgIpc) is 2.52. The maximum Gasteiger partial charge on any atom is 1.00 e. The van der Waals surface area contributed by atoms with Crippen LogP contribution >= 0.6 is 0 Å². The number of hydrogen-bond donors (Lipinski definition) is 1. The van der Waals surface area contributed by atoms with Gasteiger partial charge in [0.1, 0.15) is 0 Å². The summed E-state index contributed by atoms with van der Waals surface area (Å²) in [7, 11) is 0. The van der Waals surface area contributed by atoms with E-state index in [0.29, 0.717) is 5.56 Å². The molecule has 0 bridgehead atoms. The van der Waals surface area contributed by atoms with Crippen LogP contribution in [0.25, 0.3) is 0 Å². The average molecular weight is 359 g/mol. The molecular weight excluding hydrogens is 346 g/mol. The van der Waals surface area contributed by atoms with E-state index in [-0.39, 0.29) is 35.2 Å². The molecule has 0 fully saturated rings. The van der Waals surface area contributed by atoms with Crippen LogP contribution in [0, 0.1) is 0 Å². The summed E-state index contributed by atoms with van der Waals surface area (Å²) in [5.41, 5.74) is -0.573. The van der Waals surface area contributed by atoms with Crippen LogP contribution in [0.1, 0.15) is 23.5 Å². The van der Waals surface area contributed by atoms with Crippen molar-refractivity contribution in [1.29, 1.82) is 0 Å². The molecule has 0 radical (unpaired) electrons. The third-order valence-corrected chi connectivity index (χ3v) is 3.35. The minimum atomic E-state index is -4.53. The van der Waals surface area contributed by atoms with Gasteiger partial charge in [0, 0.05) is 24.0 Å². The van der Waals surface area contributed by atoms with Crippen molar-refractivity contribution in [2.24, 2.45) is 0 Å². The monoisotopic (exact) mass is 359 g/mol. The standard InChI is InChI=1S/C17H14F3NO3.Na/c18-17(19,20)12-7-4-8-13(9-12)21-15(22)10-14(16(23)24)11-5-2-1-3-6-11;/h1-9,14H,10H2,(H,21,22)(H,23,24);/q;+1/p-1. The van der Waals surface area contributed by atoms with E-state index in [1.165, 1.54) is 18.2 Å². The second kappa shape index (κ2) is 9.03. The molecule has 2 aromatic carbocycles. The number of carbonyl (C=O) groups excluding carboxylic acids is 2. The first-order valence-corrected chi connectivity index (χ1v) is 7.00. The number of nitrogens with one attached hydrogen (secondary N) is 1. The molecule has 1 amide bonds. The molecule has 8 heteroatoms. The Hall–Kier alpha value is -1.83. The minimum absolute atomic E-state index is 0. The van der Waals surface area contributed by atoms with E-state index in [1.807, 2.05) is 0 Å². The van der Waals surface area contributed by atoms with Gasteiger partial charge in [-0.15, -0.1) is 0 Å². The molecule has 0 aliphatic heterocycles. The van der Waals surface area contributed by atoms with E-state index in [0.717, 1.165) is 18.2 Å². The maximum atomic E-state index is 12.6. The zero-order valence-corrected chi connectivity index (χ0v) is 15.3. The van der Waals surface area contributed by atoms with E-state index in [2.05, 4.69) is 5.32 Å². The van der Waals surface area contributed by atoms with Crippen LogP contribution in [0.15, 0.2) is 54.6 Å². The summed E-state index contributed by atoms with van der Waals surface area (Å²) in [6, 6.07) is 12.1. The molecule has 1 unspecified atom stereocenters. The summed E-state index contributed by atoms with van der Waals surface area (Å²) < 4.78 is 37.9. The number of alkyl halides is 3. The van der Waals surface area contributed by atoms with Crippen LogP contribution in [0.2, 0.25) is 0 Å². The van der Waals surface area contributed by atoms with E-state index in [4.69, 9.17) is 0 Å². The molecule has 0 heterocycles. The number of benzene rings is 2. The molecule has 0 saturated carbocycles. The van der Waals surface area contributed by atoms with Gasteiger partial charge in [0.25, 0.3) is 0 Å². The third kappa shape index (κ3) is 6.19. The van der Waals surface area contributed by atoms with Crippen molar-refractivity contribution in [1.82, 2.24) is 0 Å². The van der Waals surface area contributed by atoms with Crippen LogP contribution in [0.4, 0.5) is 18.9 Å². The molecule has 0 aliphatic rings. The van der Waals surface area contributed by atoms with Gasteiger partial charge in [-0.3, -0.25) is 4.79 Å². The van der Waals surface area contributed by atoms with Gasteiger partial charge in [-0.1, -0.05) is 36.4 Å². The summed E-state index contributed by atoms with van der Waals surface area (Å²) >= 11 is 0. The number of carbonyl (C=O) groups is 2. The molecule has 2 rings (SSSR count). The van der Waals surface area contributed by atoms with Crippen LogP contribution in [-0.4, -0.2) is 11.9 Å². The van der Waals surface area contributed by atoms with Crippen LogP contribution in [0.3, 0.4) is 0 Å². The molecule has 4 nitrogen and oxygen atoms in total. The van der Waals surface area contributed by atoms with Gasteiger partial charge in [-0.05, 0) is 23.8 Å². The van der Waals surface area contributed by atoms with Gasteiger partial charge in [-0.25, -0.2) is 0 Å². The maximum absolute atomic E-state index is 12.6. The van der Waals surface area contributed by atoms with Gasteiger partial charge >= 0.3 is 35.7 Å². The van der Waals surface area contributed by atoms with E-state index >= 15 is 0 Å². The molecular formula is C17H13F3NNaO3. The Kier molecular flexibility index (Phi) is 7.66. The zero-order chi connectivity index (χ0) is 17.7. The molecule has 0 saturated heterocycles. The van der Waals surface area contributed by atoms with Crippen molar-refractivity contribution in [2.45, 2.75) is 18.5 Å². The van der Waals surface area contributed by atoms with Crippen molar-refractivity contribution in [3.8, 4) is 0 Å². The second-order valence-corrected chi connectivity index (χ2v) is 5.11. The van der Waals surface area contributed by atoms with Gasteiger partial charge in [0.2, 0.25) is 5.91 Å². The van der Waals surface area contributed by atoms with Gasteiger partial charge in [0.05, 0.1) is 5.56 Å². The fourth-order valence-electron chi connectivity index (χ4n) is 2.19. The molecule has 2 aromatic rings. The first-order valence-electron chi connectivity index (χ1n) is 7.00. The molecule has 0 aliphatic carbocycles. The largest absolute Gasteiger partial charge is 1.00 e. The Bertz CT molecular complexity index is 735. The van der Waals surface area contributed by atoms with Crippen molar-refractivity contribution in [3.63, 3.8) is 0 Å². The van der Waals surface area contributed by atoms with Gasteiger partial charge in [-0.2, -0.15) is 13.2 Å². The van der Waals surface area contributed by atoms with E-state index in [1.54, 1.807) is 18.2 Å². The molecule has 0 aromatic heterocycles. The van der Waals surface area contributed by atoms with Crippen molar-refractivity contribution < 1.29 is 57.4 Å². The van der Waals surface area contributed by atoms with Crippen molar-refractivity contribution in [2.75, 3.05) is 5.32 Å². The SMILES string of the molecule is O=C(CC(C(=O)[O-])c1ccccc1)Nc1cccc(C(F)(F)F)c1.[Na+]. The van der Waals surface area contributed by atoms with Crippen LogP contribution < -0.4 is 40.0 Å². The predicted molar refractivity (Wildman–Crippen MR) is 78.9 cm³/mol. The Morgan fingerprint density at radius 1 is 1.04 bits per heavy atom. The molecule has 126 valence electrons. The Balaban J connectivity index is 0.00000312. The predicted octanol–water partition coefficient (Wildman–Crippen LogP) is -0.428. The van der Waals surface area contributed by atoms with Gasteiger partial charge < -0.3 is 15.2 Å². The van der Waals surface area contributed by atoms with Crippen molar-refractivity contribution >= 4 is 17.6 Å². The van der Waals surface area contributed by atoms with Gasteiger partial charge in [0.15, 0.2) is 0 Å². The second-order valence-electron chi connectivity index (χ2n) is 5.11. The van der Waals surface area contributed by atoms with Crippen LogP contribution in [0.5, 0.6) is 0 Å². The Morgan fingerprint density at radius 2 is 1.68 bits per heavy atom. The number of rotatable bonds is 5. The first-order chi connectivity index (χ1) is 11.3. The zero-order valence-electron chi connectivity index (χ0n) is 13.3.